The van der Waals surface area contributed by atoms with Crippen molar-refractivity contribution in [3.8, 4) is 0 Å². The number of carbonyl (C=O) groups excluding carboxylic acids is 2. The number of hydrogen-bond acceptors (Lipinski definition) is 3. The van der Waals surface area contributed by atoms with Crippen LogP contribution < -0.4 is 16.4 Å². The summed E-state index contributed by atoms with van der Waals surface area (Å²) in [5.41, 5.74) is 6.16. The third kappa shape index (κ3) is 4.71. The monoisotopic (exact) mass is 263 g/mol. The Balaban J connectivity index is 2.71. The number of amides is 2. The Morgan fingerprint density at radius 2 is 1.79 bits per heavy atom. The second-order valence-electron chi connectivity index (χ2n) is 5.02. The van der Waals surface area contributed by atoms with Gasteiger partial charge < -0.3 is 16.4 Å². The van der Waals surface area contributed by atoms with Crippen LogP contribution in [0.3, 0.4) is 0 Å². The first-order valence-electron chi connectivity index (χ1n) is 6.30. The summed E-state index contributed by atoms with van der Waals surface area (Å²) in [7, 11) is 0. The summed E-state index contributed by atoms with van der Waals surface area (Å²) in [6.45, 7) is 5.90. The molecular formula is C14H21N3O2. The van der Waals surface area contributed by atoms with Crippen molar-refractivity contribution in [3.05, 3.63) is 29.8 Å². The minimum absolute atomic E-state index is 0.0626. The van der Waals surface area contributed by atoms with Gasteiger partial charge in [0.25, 0.3) is 5.91 Å². The third-order valence-electron chi connectivity index (χ3n) is 2.95. The zero-order valence-electron chi connectivity index (χ0n) is 11.6. The smallest absolute Gasteiger partial charge is 0.251 e. The molecule has 0 unspecified atom stereocenters. The van der Waals surface area contributed by atoms with Gasteiger partial charge in [0.2, 0.25) is 5.91 Å². The molecule has 5 nitrogen and oxygen atoms in total. The van der Waals surface area contributed by atoms with Crippen molar-refractivity contribution < 1.29 is 9.59 Å². The minimum Gasteiger partial charge on any atom is -0.347 e. The van der Waals surface area contributed by atoms with Gasteiger partial charge in [-0.05, 0) is 44.5 Å². The van der Waals surface area contributed by atoms with Crippen LogP contribution in [0.2, 0.25) is 0 Å². The van der Waals surface area contributed by atoms with Crippen molar-refractivity contribution in [1.82, 2.24) is 5.32 Å². The van der Waals surface area contributed by atoms with Crippen LogP contribution in [0.4, 0.5) is 5.69 Å². The summed E-state index contributed by atoms with van der Waals surface area (Å²) < 4.78 is 0. The number of anilines is 1. The van der Waals surface area contributed by atoms with Gasteiger partial charge in [0.1, 0.15) is 0 Å². The summed E-state index contributed by atoms with van der Waals surface area (Å²) in [6.07, 6.45) is 0.851. The van der Waals surface area contributed by atoms with Gasteiger partial charge >= 0.3 is 0 Å². The number of nitrogens with two attached hydrogens (primary N) is 1. The highest BCUT2D eigenvalue weighted by Crippen LogP contribution is 2.12. The quantitative estimate of drug-likeness (QED) is 0.752. The van der Waals surface area contributed by atoms with E-state index in [1.807, 2.05) is 20.8 Å². The molecule has 19 heavy (non-hydrogen) atoms. The lowest BCUT2D eigenvalue weighted by molar-refractivity contribution is -0.114. The van der Waals surface area contributed by atoms with Crippen LogP contribution in [0.1, 0.15) is 37.6 Å². The number of rotatable bonds is 5. The van der Waals surface area contributed by atoms with E-state index < -0.39 is 0 Å². The summed E-state index contributed by atoms with van der Waals surface area (Å²) in [5, 5.41) is 5.57. The first kappa shape index (κ1) is 15.2. The van der Waals surface area contributed by atoms with E-state index in [1.165, 1.54) is 0 Å². The zero-order chi connectivity index (χ0) is 14.5. The lowest BCUT2D eigenvalue weighted by Crippen LogP contribution is -2.42. The summed E-state index contributed by atoms with van der Waals surface area (Å²) in [6, 6.07) is 6.71. The van der Waals surface area contributed by atoms with Crippen LogP contribution in [0, 0.1) is 0 Å². The molecule has 0 saturated heterocycles. The number of nitrogens with one attached hydrogen (secondary N) is 2. The number of hydrogen-bond donors (Lipinski definition) is 3. The number of benzene rings is 1. The van der Waals surface area contributed by atoms with Gasteiger partial charge in [-0.1, -0.05) is 6.92 Å². The molecule has 1 aromatic rings. The predicted octanol–water partition coefficient (Wildman–Crippen LogP) is 1.50. The Kier molecular flexibility index (Phi) is 5.06. The molecule has 2 amide bonds. The second-order valence-corrected chi connectivity index (χ2v) is 5.02. The zero-order valence-corrected chi connectivity index (χ0v) is 11.6. The highest BCUT2D eigenvalue weighted by Gasteiger charge is 2.18. The van der Waals surface area contributed by atoms with Gasteiger partial charge in [-0.2, -0.15) is 0 Å². The standard InChI is InChI=1S/C14H21N3O2/c1-4-14(2,3)17-13(19)10-5-7-11(8-6-10)16-12(18)9-15/h5-8H,4,9,15H2,1-3H3,(H,16,18)(H,17,19). The van der Waals surface area contributed by atoms with Crippen LogP contribution in [-0.4, -0.2) is 23.9 Å². The molecule has 0 radical (unpaired) electrons. The summed E-state index contributed by atoms with van der Waals surface area (Å²) >= 11 is 0. The van der Waals surface area contributed by atoms with Gasteiger partial charge in [-0.3, -0.25) is 9.59 Å². The Hall–Kier alpha value is -1.88. The molecule has 0 bridgehead atoms. The number of carbonyl (C=O) groups is 2. The molecule has 1 rings (SSSR count). The molecule has 0 heterocycles. The topological polar surface area (TPSA) is 84.2 Å². The molecule has 0 spiro atoms. The maximum Gasteiger partial charge on any atom is 0.251 e. The molecule has 0 saturated carbocycles. The molecule has 0 aliphatic heterocycles. The van der Waals surface area contributed by atoms with E-state index in [-0.39, 0.29) is 23.9 Å². The van der Waals surface area contributed by atoms with Crippen LogP contribution in [-0.2, 0) is 4.79 Å². The van der Waals surface area contributed by atoms with E-state index in [0.29, 0.717) is 11.3 Å². The van der Waals surface area contributed by atoms with Crippen LogP contribution >= 0.6 is 0 Å². The molecule has 0 aromatic heterocycles. The van der Waals surface area contributed by atoms with E-state index in [2.05, 4.69) is 10.6 Å². The molecule has 1 aromatic carbocycles. The van der Waals surface area contributed by atoms with E-state index in [1.54, 1.807) is 24.3 Å². The SMILES string of the molecule is CCC(C)(C)NC(=O)c1ccc(NC(=O)CN)cc1. The molecule has 0 atom stereocenters. The molecule has 0 aliphatic carbocycles. The van der Waals surface area contributed by atoms with E-state index in [0.717, 1.165) is 6.42 Å². The molecule has 5 heteroatoms. The van der Waals surface area contributed by atoms with Gasteiger partial charge in [-0.25, -0.2) is 0 Å². The predicted molar refractivity (Wildman–Crippen MR) is 76.0 cm³/mol. The largest absolute Gasteiger partial charge is 0.347 e. The Morgan fingerprint density at radius 3 is 2.26 bits per heavy atom. The van der Waals surface area contributed by atoms with Gasteiger partial charge in [-0.15, -0.1) is 0 Å². The van der Waals surface area contributed by atoms with Crippen LogP contribution in [0.15, 0.2) is 24.3 Å². The van der Waals surface area contributed by atoms with Gasteiger partial charge in [0.15, 0.2) is 0 Å². The third-order valence-corrected chi connectivity index (χ3v) is 2.95. The fourth-order valence-electron chi connectivity index (χ4n) is 1.38. The lowest BCUT2D eigenvalue weighted by atomic mass is 10.0. The molecule has 4 N–H and O–H groups in total. The summed E-state index contributed by atoms with van der Waals surface area (Å²) in [4.78, 5) is 23.1. The Morgan fingerprint density at radius 1 is 1.21 bits per heavy atom. The molecular weight excluding hydrogens is 242 g/mol. The van der Waals surface area contributed by atoms with Crippen molar-refractivity contribution in [2.45, 2.75) is 32.7 Å². The van der Waals surface area contributed by atoms with E-state index in [4.69, 9.17) is 5.73 Å². The van der Waals surface area contributed by atoms with Crippen LogP contribution in [0.5, 0.6) is 0 Å². The van der Waals surface area contributed by atoms with Crippen molar-refractivity contribution in [3.63, 3.8) is 0 Å². The second kappa shape index (κ2) is 6.33. The normalized spacial score (nSPS) is 10.9. The van der Waals surface area contributed by atoms with Crippen LogP contribution in [0.25, 0.3) is 0 Å². The fourth-order valence-corrected chi connectivity index (χ4v) is 1.38. The van der Waals surface area contributed by atoms with Gasteiger partial charge in [0.05, 0.1) is 6.54 Å². The average molecular weight is 263 g/mol. The highest BCUT2D eigenvalue weighted by molar-refractivity contribution is 5.96. The highest BCUT2D eigenvalue weighted by atomic mass is 16.2. The maximum atomic E-state index is 12.0. The van der Waals surface area contributed by atoms with Crippen molar-refractivity contribution in [1.29, 1.82) is 0 Å². The maximum absolute atomic E-state index is 12.0. The molecule has 0 fully saturated rings. The van der Waals surface area contributed by atoms with Crippen molar-refractivity contribution in [2.24, 2.45) is 5.73 Å². The van der Waals surface area contributed by atoms with Crippen molar-refractivity contribution >= 4 is 17.5 Å². The first-order valence-corrected chi connectivity index (χ1v) is 6.30. The minimum atomic E-state index is -0.260. The first-order chi connectivity index (χ1) is 8.88. The fraction of sp³-hybridized carbons (Fsp3) is 0.429. The van der Waals surface area contributed by atoms with Gasteiger partial charge in [0, 0.05) is 16.8 Å². The Labute approximate surface area is 113 Å². The molecule has 104 valence electrons. The summed E-state index contributed by atoms with van der Waals surface area (Å²) in [5.74, 6) is -0.382. The Bertz CT molecular complexity index is 452. The average Bonchev–Trinajstić information content (AvgIpc) is 2.39. The van der Waals surface area contributed by atoms with Crippen molar-refractivity contribution in [2.75, 3.05) is 11.9 Å². The van der Waals surface area contributed by atoms with E-state index >= 15 is 0 Å². The molecule has 0 aliphatic rings. The van der Waals surface area contributed by atoms with E-state index in [9.17, 15) is 9.59 Å². The lowest BCUT2D eigenvalue weighted by Gasteiger charge is -2.24.